The maximum atomic E-state index is 12.1. The second-order valence-electron chi connectivity index (χ2n) is 6.69. The molecule has 3 amide bonds. The highest BCUT2D eigenvalue weighted by Gasteiger charge is 2.34. The predicted molar refractivity (Wildman–Crippen MR) is 77.5 cm³/mol. The summed E-state index contributed by atoms with van der Waals surface area (Å²) < 4.78 is 0. The number of nitrogens with two attached hydrogens (primary N) is 1. The standard InChI is InChI=1S/C14H25N3O4/c1-14(2,3)11(12(19)20)16-13(21)17-6-4-9(5-7-17)8-10(15)18/h9,11H,4-8H2,1-3H3,(H2,15,18)(H,16,21)(H,19,20)/t11-/m1/s1. The minimum atomic E-state index is -1.04. The van der Waals surface area contributed by atoms with Crippen LogP contribution in [0.3, 0.4) is 0 Å². The molecule has 0 spiro atoms. The van der Waals surface area contributed by atoms with Gasteiger partial charge in [-0.15, -0.1) is 0 Å². The number of nitrogens with zero attached hydrogens (tertiary/aromatic N) is 1. The van der Waals surface area contributed by atoms with Crippen LogP contribution in [0.25, 0.3) is 0 Å². The Bertz CT molecular complexity index is 409. The molecule has 1 heterocycles. The Morgan fingerprint density at radius 1 is 1.29 bits per heavy atom. The lowest BCUT2D eigenvalue weighted by Gasteiger charge is -2.34. The van der Waals surface area contributed by atoms with Gasteiger partial charge in [0.1, 0.15) is 6.04 Å². The van der Waals surface area contributed by atoms with Crippen molar-refractivity contribution in [1.82, 2.24) is 10.2 Å². The van der Waals surface area contributed by atoms with E-state index in [9.17, 15) is 19.5 Å². The van der Waals surface area contributed by atoms with Gasteiger partial charge in [0.15, 0.2) is 0 Å². The van der Waals surface area contributed by atoms with Gasteiger partial charge in [0.05, 0.1) is 0 Å². The minimum absolute atomic E-state index is 0.212. The van der Waals surface area contributed by atoms with Crippen molar-refractivity contribution in [3.05, 3.63) is 0 Å². The molecule has 1 atom stereocenters. The van der Waals surface area contributed by atoms with Gasteiger partial charge in [-0.05, 0) is 24.2 Å². The van der Waals surface area contributed by atoms with Gasteiger partial charge in [0.2, 0.25) is 5.91 Å². The zero-order chi connectivity index (χ0) is 16.2. The first-order valence-corrected chi connectivity index (χ1v) is 7.18. The molecule has 4 N–H and O–H groups in total. The lowest BCUT2D eigenvalue weighted by molar-refractivity contribution is -0.142. The molecule has 0 bridgehead atoms. The summed E-state index contributed by atoms with van der Waals surface area (Å²) in [7, 11) is 0. The molecule has 0 aromatic carbocycles. The van der Waals surface area contributed by atoms with E-state index in [4.69, 9.17) is 5.73 Å². The van der Waals surface area contributed by atoms with E-state index in [0.717, 1.165) is 0 Å². The number of likely N-dealkylation sites (tertiary alicyclic amines) is 1. The molecule has 21 heavy (non-hydrogen) atoms. The van der Waals surface area contributed by atoms with Crippen molar-refractivity contribution in [2.45, 2.75) is 46.1 Å². The Morgan fingerprint density at radius 3 is 2.19 bits per heavy atom. The van der Waals surface area contributed by atoms with Gasteiger partial charge in [-0.2, -0.15) is 0 Å². The fourth-order valence-corrected chi connectivity index (χ4v) is 2.49. The van der Waals surface area contributed by atoms with Crippen molar-refractivity contribution < 1.29 is 19.5 Å². The number of urea groups is 1. The van der Waals surface area contributed by atoms with E-state index in [1.54, 1.807) is 25.7 Å². The van der Waals surface area contributed by atoms with Crippen LogP contribution in [0.2, 0.25) is 0 Å². The molecule has 0 unspecified atom stereocenters. The maximum Gasteiger partial charge on any atom is 0.326 e. The molecular weight excluding hydrogens is 274 g/mol. The van der Waals surface area contributed by atoms with Gasteiger partial charge in [-0.1, -0.05) is 20.8 Å². The first-order chi connectivity index (χ1) is 9.61. The van der Waals surface area contributed by atoms with Crippen LogP contribution in [0.15, 0.2) is 0 Å². The number of nitrogens with one attached hydrogen (secondary N) is 1. The van der Waals surface area contributed by atoms with Crippen LogP contribution >= 0.6 is 0 Å². The maximum absolute atomic E-state index is 12.1. The minimum Gasteiger partial charge on any atom is -0.480 e. The van der Waals surface area contributed by atoms with Crippen LogP contribution in [0.5, 0.6) is 0 Å². The third-order valence-corrected chi connectivity index (χ3v) is 3.77. The van der Waals surface area contributed by atoms with Crippen molar-refractivity contribution in [3.8, 4) is 0 Å². The molecule has 0 saturated carbocycles. The number of primary amides is 1. The highest BCUT2D eigenvalue weighted by molar-refractivity contribution is 5.83. The SMILES string of the molecule is CC(C)(C)[C@H](NC(=O)N1CCC(CC(N)=O)CC1)C(=O)O. The number of carbonyl (C=O) groups is 3. The van der Waals surface area contributed by atoms with E-state index in [1.807, 2.05) is 0 Å². The van der Waals surface area contributed by atoms with Crippen molar-refractivity contribution in [1.29, 1.82) is 0 Å². The number of hydrogen-bond acceptors (Lipinski definition) is 3. The first kappa shape index (κ1) is 17.3. The van der Waals surface area contributed by atoms with E-state index < -0.39 is 17.4 Å². The van der Waals surface area contributed by atoms with E-state index >= 15 is 0 Å². The van der Waals surface area contributed by atoms with Gasteiger partial charge in [0, 0.05) is 19.5 Å². The highest BCUT2D eigenvalue weighted by Crippen LogP contribution is 2.22. The molecule has 1 aliphatic rings. The lowest BCUT2D eigenvalue weighted by atomic mass is 9.87. The molecule has 1 fully saturated rings. The quantitative estimate of drug-likeness (QED) is 0.712. The Balaban J connectivity index is 2.54. The van der Waals surface area contributed by atoms with Crippen LogP contribution in [0.1, 0.15) is 40.0 Å². The molecule has 1 rings (SSSR count). The molecule has 0 aliphatic carbocycles. The highest BCUT2D eigenvalue weighted by atomic mass is 16.4. The average Bonchev–Trinajstić information content (AvgIpc) is 2.34. The Labute approximate surface area is 124 Å². The number of carboxylic acid groups (broad SMARTS) is 1. The number of carboxylic acids is 1. The van der Waals surface area contributed by atoms with E-state index in [-0.39, 0.29) is 17.9 Å². The van der Waals surface area contributed by atoms with Crippen LogP contribution < -0.4 is 11.1 Å². The number of carbonyl (C=O) groups excluding carboxylic acids is 2. The molecule has 0 aromatic heterocycles. The summed E-state index contributed by atoms with van der Waals surface area (Å²) in [6, 6.07) is -1.30. The topological polar surface area (TPSA) is 113 Å². The molecule has 120 valence electrons. The average molecular weight is 299 g/mol. The normalized spacial score (nSPS) is 18.1. The van der Waals surface area contributed by atoms with E-state index in [0.29, 0.717) is 32.4 Å². The molecular formula is C14H25N3O4. The predicted octanol–water partition coefficient (Wildman–Crippen LogP) is 0.783. The number of hydrogen-bond donors (Lipinski definition) is 3. The Kier molecular flexibility index (Phi) is 5.57. The monoisotopic (exact) mass is 299 g/mol. The van der Waals surface area contributed by atoms with Crippen molar-refractivity contribution in [2.24, 2.45) is 17.1 Å². The van der Waals surface area contributed by atoms with E-state index in [2.05, 4.69) is 5.32 Å². The summed E-state index contributed by atoms with van der Waals surface area (Å²) in [6.07, 6.45) is 1.77. The Hall–Kier alpha value is -1.79. The fraction of sp³-hybridized carbons (Fsp3) is 0.786. The molecule has 0 aromatic rings. The Morgan fingerprint density at radius 2 is 1.81 bits per heavy atom. The number of amides is 3. The molecule has 1 aliphatic heterocycles. The van der Waals surface area contributed by atoms with Crippen LogP contribution in [0, 0.1) is 11.3 Å². The third-order valence-electron chi connectivity index (χ3n) is 3.77. The summed E-state index contributed by atoms with van der Waals surface area (Å²) >= 11 is 0. The molecule has 7 heteroatoms. The van der Waals surface area contributed by atoms with Crippen molar-refractivity contribution in [3.63, 3.8) is 0 Å². The third kappa shape index (κ3) is 5.24. The summed E-state index contributed by atoms with van der Waals surface area (Å²) in [6.45, 7) is 6.34. The van der Waals surface area contributed by atoms with Gasteiger partial charge in [0.25, 0.3) is 0 Å². The lowest BCUT2D eigenvalue weighted by Crippen LogP contribution is -2.54. The van der Waals surface area contributed by atoms with Gasteiger partial charge in [-0.3, -0.25) is 4.79 Å². The fourth-order valence-electron chi connectivity index (χ4n) is 2.49. The smallest absolute Gasteiger partial charge is 0.326 e. The van der Waals surface area contributed by atoms with Crippen LogP contribution in [-0.2, 0) is 9.59 Å². The van der Waals surface area contributed by atoms with Crippen molar-refractivity contribution in [2.75, 3.05) is 13.1 Å². The zero-order valence-electron chi connectivity index (χ0n) is 12.9. The van der Waals surface area contributed by atoms with Gasteiger partial charge >= 0.3 is 12.0 Å². The molecule has 0 radical (unpaired) electrons. The molecule has 7 nitrogen and oxygen atoms in total. The number of piperidine rings is 1. The van der Waals surface area contributed by atoms with Crippen LogP contribution in [-0.4, -0.2) is 47.0 Å². The van der Waals surface area contributed by atoms with Crippen molar-refractivity contribution >= 4 is 17.9 Å². The number of aliphatic carboxylic acids is 1. The number of rotatable bonds is 4. The van der Waals surface area contributed by atoms with Gasteiger partial charge in [-0.25, -0.2) is 9.59 Å². The van der Waals surface area contributed by atoms with Gasteiger partial charge < -0.3 is 21.1 Å². The molecule has 1 saturated heterocycles. The van der Waals surface area contributed by atoms with E-state index in [1.165, 1.54) is 0 Å². The zero-order valence-corrected chi connectivity index (χ0v) is 12.9. The van der Waals surface area contributed by atoms with Crippen LogP contribution in [0.4, 0.5) is 4.79 Å². The largest absolute Gasteiger partial charge is 0.480 e. The summed E-state index contributed by atoms with van der Waals surface area (Å²) in [5.41, 5.74) is 4.60. The second kappa shape index (κ2) is 6.78. The second-order valence-corrected chi connectivity index (χ2v) is 6.69. The first-order valence-electron chi connectivity index (χ1n) is 7.18. The summed E-state index contributed by atoms with van der Waals surface area (Å²) in [5.74, 6) is -1.15. The summed E-state index contributed by atoms with van der Waals surface area (Å²) in [5, 5.41) is 11.8. The summed E-state index contributed by atoms with van der Waals surface area (Å²) in [4.78, 5) is 35.9.